The standard InChI is InChI=1S/C18H20ClF3N4/c1-11-24-15-4-2-3-5-16(15)26(11)13-6-7-25(10-13)17-14(19)8-12(9-23-17)18(20,21)22/h8-9,13H,2-7,10H2,1H3. The lowest BCUT2D eigenvalue weighted by Gasteiger charge is -2.22. The fourth-order valence-electron chi connectivity index (χ4n) is 4.15. The maximum absolute atomic E-state index is 12.8. The molecule has 4 nitrogen and oxygen atoms in total. The Morgan fingerprint density at radius 2 is 2.00 bits per heavy atom. The molecular weight excluding hydrogens is 365 g/mol. The lowest BCUT2D eigenvalue weighted by atomic mass is 10.0. The predicted octanol–water partition coefficient (Wildman–Crippen LogP) is 4.59. The van der Waals surface area contributed by atoms with E-state index in [1.165, 1.54) is 24.2 Å². The van der Waals surface area contributed by atoms with Crippen molar-refractivity contribution in [1.82, 2.24) is 14.5 Å². The van der Waals surface area contributed by atoms with Gasteiger partial charge in [-0.3, -0.25) is 0 Å². The second-order valence-corrected chi connectivity index (χ2v) is 7.45. The van der Waals surface area contributed by atoms with Crippen LogP contribution < -0.4 is 4.90 Å². The number of hydrogen-bond donors (Lipinski definition) is 0. The van der Waals surface area contributed by atoms with Crippen molar-refractivity contribution >= 4 is 17.4 Å². The van der Waals surface area contributed by atoms with Gasteiger partial charge in [-0.15, -0.1) is 0 Å². The van der Waals surface area contributed by atoms with Crippen LogP contribution in [0, 0.1) is 6.92 Å². The second kappa shape index (κ2) is 6.44. The Balaban J connectivity index is 1.57. The third kappa shape index (κ3) is 3.06. The van der Waals surface area contributed by atoms with E-state index in [0.717, 1.165) is 43.9 Å². The van der Waals surface area contributed by atoms with E-state index in [9.17, 15) is 13.2 Å². The number of aromatic nitrogens is 3. The molecule has 1 atom stereocenters. The molecule has 1 saturated heterocycles. The van der Waals surface area contributed by atoms with Crippen molar-refractivity contribution in [3.05, 3.63) is 40.1 Å². The summed E-state index contributed by atoms with van der Waals surface area (Å²) in [6.45, 7) is 3.43. The van der Waals surface area contributed by atoms with Crippen LogP contribution in [-0.4, -0.2) is 27.6 Å². The van der Waals surface area contributed by atoms with E-state index in [0.29, 0.717) is 12.4 Å². The van der Waals surface area contributed by atoms with Gasteiger partial charge in [-0.2, -0.15) is 13.2 Å². The minimum atomic E-state index is -4.43. The highest BCUT2D eigenvalue weighted by atomic mass is 35.5. The lowest BCUT2D eigenvalue weighted by Crippen LogP contribution is -2.24. The van der Waals surface area contributed by atoms with E-state index < -0.39 is 11.7 Å². The van der Waals surface area contributed by atoms with Gasteiger partial charge < -0.3 is 9.47 Å². The Labute approximate surface area is 155 Å². The average Bonchev–Trinajstić information content (AvgIpc) is 3.17. The summed E-state index contributed by atoms with van der Waals surface area (Å²) in [6, 6.07) is 1.21. The van der Waals surface area contributed by atoms with Crippen molar-refractivity contribution in [1.29, 1.82) is 0 Å². The molecule has 1 fully saturated rings. The Kier molecular flexibility index (Phi) is 4.37. The van der Waals surface area contributed by atoms with Crippen LogP contribution in [0.3, 0.4) is 0 Å². The summed E-state index contributed by atoms with van der Waals surface area (Å²) in [6.07, 6.45) is 1.78. The highest BCUT2D eigenvalue weighted by molar-refractivity contribution is 6.33. The van der Waals surface area contributed by atoms with Gasteiger partial charge in [-0.1, -0.05) is 11.6 Å². The minimum Gasteiger partial charge on any atom is -0.353 e. The van der Waals surface area contributed by atoms with Crippen molar-refractivity contribution in [2.45, 2.75) is 51.2 Å². The summed E-state index contributed by atoms with van der Waals surface area (Å²) in [5.41, 5.74) is 1.71. The maximum atomic E-state index is 12.8. The zero-order valence-corrected chi connectivity index (χ0v) is 15.2. The number of fused-ring (bicyclic) bond motifs is 1. The summed E-state index contributed by atoms with van der Waals surface area (Å²) >= 11 is 6.11. The normalized spacial score (nSPS) is 20.5. The van der Waals surface area contributed by atoms with Gasteiger partial charge in [0, 0.05) is 25.0 Å². The van der Waals surface area contributed by atoms with Crippen LogP contribution in [0.15, 0.2) is 12.3 Å². The first-order valence-corrected chi connectivity index (χ1v) is 9.26. The number of alkyl halides is 3. The van der Waals surface area contributed by atoms with Crippen LogP contribution in [0.1, 0.15) is 48.1 Å². The Morgan fingerprint density at radius 3 is 2.73 bits per heavy atom. The molecule has 1 aliphatic heterocycles. The highest BCUT2D eigenvalue weighted by Gasteiger charge is 2.34. The predicted molar refractivity (Wildman–Crippen MR) is 93.7 cm³/mol. The monoisotopic (exact) mass is 384 g/mol. The molecule has 1 aliphatic carbocycles. The number of halogens is 4. The molecule has 1 unspecified atom stereocenters. The lowest BCUT2D eigenvalue weighted by molar-refractivity contribution is -0.137. The second-order valence-electron chi connectivity index (χ2n) is 7.05. The number of imidazole rings is 1. The molecule has 8 heteroatoms. The van der Waals surface area contributed by atoms with Crippen LogP contribution in [0.2, 0.25) is 5.02 Å². The van der Waals surface area contributed by atoms with Crippen LogP contribution in [0.5, 0.6) is 0 Å². The molecular formula is C18H20ClF3N4. The summed E-state index contributed by atoms with van der Waals surface area (Å²) in [4.78, 5) is 10.7. The van der Waals surface area contributed by atoms with Gasteiger partial charge in [0.05, 0.1) is 22.3 Å². The van der Waals surface area contributed by atoms with Crippen LogP contribution in [0.25, 0.3) is 0 Å². The largest absolute Gasteiger partial charge is 0.417 e. The first-order chi connectivity index (χ1) is 12.3. The summed E-state index contributed by atoms with van der Waals surface area (Å²) < 4.78 is 40.7. The zero-order valence-electron chi connectivity index (χ0n) is 14.5. The van der Waals surface area contributed by atoms with Crippen LogP contribution in [-0.2, 0) is 19.0 Å². The van der Waals surface area contributed by atoms with Gasteiger partial charge in [0.15, 0.2) is 0 Å². The molecule has 2 aliphatic rings. The first-order valence-electron chi connectivity index (χ1n) is 8.89. The molecule has 3 heterocycles. The van der Waals surface area contributed by atoms with E-state index in [-0.39, 0.29) is 11.1 Å². The Morgan fingerprint density at radius 1 is 1.23 bits per heavy atom. The summed E-state index contributed by atoms with van der Waals surface area (Å²) in [7, 11) is 0. The number of hydrogen-bond acceptors (Lipinski definition) is 3. The molecule has 0 saturated carbocycles. The number of pyridine rings is 1. The third-order valence-corrected chi connectivity index (χ3v) is 5.60. The first kappa shape index (κ1) is 17.6. The van der Waals surface area contributed by atoms with Gasteiger partial charge in [0.2, 0.25) is 0 Å². The number of rotatable bonds is 2. The van der Waals surface area contributed by atoms with Crippen molar-refractivity contribution < 1.29 is 13.2 Å². The maximum Gasteiger partial charge on any atom is 0.417 e. The molecule has 4 rings (SSSR count). The molecule has 2 aromatic rings. The Hall–Kier alpha value is -1.76. The van der Waals surface area contributed by atoms with Crippen LogP contribution in [0.4, 0.5) is 19.0 Å². The average molecular weight is 385 g/mol. The number of aryl methyl sites for hydroxylation is 2. The molecule has 0 N–H and O–H groups in total. The highest BCUT2D eigenvalue weighted by Crippen LogP contribution is 2.37. The number of anilines is 1. The summed E-state index contributed by atoms with van der Waals surface area (Å²) in [5.74, 6) is 1.45. The minimum absolute atomic E-state index is 0.0462. The van der Waals surface area contributed by atoms with E-state index in [1.54, 1.807) is 0 Å². The van der Waals surface area contributed by atoms with Crippen molar-refractivity contribution in [3.63, 3.8) is 0 Å². The zero-order chi connectivity index (χ0) is 18.5. The van der Waals surface area contributed by atoms with Crippen molar-refractivity contribution in [2.24, 2.45) is 0 Å². The van der Waals surface area contributed by atoms with E-state index in [4.69, 9.17) is 16.6 Å². The molecule has 0 aromatic carbocycles. The number of nitrogens with zero attached hydrogens (tertiary/aromatic N) is 4. The SMILES string of the molecule is Cc1nc2c(n1C1CCN(c3ncc(C(F)(F)F)cc3Cl)C1)CCCC2. The molecule has 0 amide bonds. The Bertz CT molecular complexity index is 831. The van der Waals surface area contributed by atoms with Crippen molar-refractivity contribution in [3.8, 4) is 0 Å². The fraction of sp³-hybridized carbons (Fsp3) is 0.556. The molecule has 2 aromatic heterocycles. The van der Waals surface area contributed by atoms with E-state index in [2.05, 4.69) is 9.55 Å². The van der Waals surface area contributed by atoms with Crippen molar-refractivity contribution in [2.75, 3.05) is 18.0 Å². The van der Waals surface area contributed by atoms with Gasteiger partial charge in [-0.25, -0.2) is 9.97 Å². The topological polar surface area (TPSA) is 34.0 Å². The van der Waals surface area contributed by atoms with E-state index >= 15 is 0 Å². The van der Waals surface area contributed by atoms with Gasteiger partial charge in [0.1, 0.15) is 11.6 Å². The molecule has 0 radical (unpaired) electrons. The van der Waals surface area contributed by atoms with Gasteiger partial charge >= 0.3 is 6.18 Å². The molecule has 140 valence electrons. The van der Waals surface area contributed by atoms with E-state index in [1.807, 2.05) is 11.8 Å². The molecule has 0 spiro atoms. The molecule has 0 bridgehead atoms. The molecule has 26 heavy (non-hydrogen) atoms. The van der Waals surface area contributed by atoms with Gasteiger partial charge in [0.25, 0.3) is 0 Å². The summed E-state index contributed by atoms with van der Waals surface area (Å²) in [5, 5.41) is 0.0462. The van der Waals surface area contributed by atoms with Crippen LogP contribution >= 0.6 is 11.6 Å². The quantitative estimate of drug-likeness (QED) is 0.759. The third-order valence-electron chi connectivity index (χ3n) is 5.32. The van der Waals surface area contributed by atoms with Gasteiger partial charge in [-0.05, 0) is 45.1 Å². The smallest absolute Gasteiger partial charge is 0.353 e. The fourth-order valence-corrected chi connectivity index (χ4v) is 4.43.